The minimum Gasteiger partial charge on any atom is -0.363 e. The summed E-state index contributed by atoms with van der Waals surface area (Å²) < 4.78 is 1.63. The largest absolute Gasteiger partial charge is 0.363 e. The molecule has 0 saturated carbocycles. The molecule has 8 heteroatoms. The molecule has 3 rings (SSSR count). The molecule has 1 aliphatic rings. The van der Waals surface area contributed by atoms with Crippen LogP contribution in [-0.2, 0) is 7.05 Å². The average Bonchev–Trinajstić information content (AvgIpc) is 3.02. The normalized spacial score (nSPS) is 17.6. The van der Waals surface area contributed by atoms with Gasteiger partial charge in [0.15, 0.2) is 0 Å². The molecule has 1 aliphatic heterocycles. The molecule has 1 unspecified atom stereocenters. The SMILES string of the molecule is CN(C)c1ccnc(N2CCCC(NC(=O)c3ccn(C)n3)C2)n1. The van der Waals surface area contributed by atoms with Gasteiger partial charge in [-0.3, -0.25) is 9.48 Å². The van der Waals surface area contributed by atoms with Gasteiger partial charge < -0.3 is 15.1 Å². The molecule has 2 aromatic heterocycles. The molecule has 2 aromatic rings. The molecule has 3 heterocycles. The van der Waals surface area contributed by atoms with E-state index >= 15 is 0 Å². The summed E-state index contributed by atoms with van der Waals surface area (Å²) in [5, 5.41) is 7.21. The molecular formula is C16H23N7O. The standard InChI is InChI=1S/C16H23N7O/c1-21(2)14-6-8-17-16(19-14)23-9-4-5-12(11-23)18-15(24)13-7-10-22(3)20-13/h6-8,10,12H,4-5,9,11H2,1-3H3,(H,18,24). The third kappa shape index (κ3) is 3.64. The number of nitrogens with one attached hydrogen (secondary N) is 1. The van der Waals surface area contributed by atoms with Crippen molar-refractivity contribution in [1.82, 2.24) is 25.1 Å². The van der Waals surface area contributed by atoms with Crippen LogP contribution in [0.25, 0.3) is 0 Å². The van der Waals surface area contributed by atoms with Crippen molar-refractivity contribution in [3.8, 4) is 0 Å². The lowest BCUT2D eigenvalue weighted by molar-refractivity contribution is 0.0927. The van der Waals surface area contributed by atoms with Crippen LogP contribution in [-0.4, -0.2) is 58.9 Å². The van der Waals surface area contributed by atoms with Crippen molar-refractivity contribution in [2.24, 2.45) is 7.05 Å². The summed E-state index contributed by atoms with van der Waals surface area (Å²) in [7, 11) is 5.71. The van der Waals surface area contributed by atoms with Crippen LogP contribution in [0.4, 0.5) is 11.8 Å². The molecule has 1 fully saturated rings. The monoisotopic (exact) mass is 329 g/mol. The summed E-state index contributed by atoms with van der Waals surface area (Å²) >= 11 is 0. The Morgan fingerprint density at radius 3 is 2.92 bits per heavy atom. The zero-order valence-electron chi connectivity index (χ0n) is 14.3. The van der Waals surface area contributed by atoms with Crippen LogP contribution in [0.3, 0.4) is 0 Å². The molecule has 1 amide bonds. The van der Waals surface area contributed by atoms with E-state index in [4.69, 9.17) is 0 Å². The van der Waals surface area contributed by atoms with E-state index in [9.17, 15) is 4.79 Å². The second-order valence-corrected chi connectivity index (χ2v) is 6.24. The van der Waals surface area contributed by atoms with Gasteiger partial charge in [-0.25, -0.2) is 4.98 Å². The molecule has 1 N–H and O–H groups in total. The number of hydrogen-bond donors (Lipinski definition) is 1. The van der Waals surface area contributed by atoms with Gasteiger partial charge in [0.1, 0.15) is 11.5 Å². The predicted octanol–water partition coefficient (Wildman–Crippen LogP) is 0.675. The number of aryl methyl sites for hydroxylation is 1. The maximum Gasteiger partial charge on any atom is 0.272 e. The van der Waals surface area contributed by atoms with E-state index in [1.54, 1.807) is 30.2 Å². The van der Waals surface area contributed by atoms with Crippen LogP contribution in [0.5, 0.6) is 0 Å². The lowest BCUT2D eigenvalue weighted by Crippen LogP contribution is -2.48. The van der Waals surface area contributed by atoms with E-state index < -0.39 is 0 Å². The Balaban J connectivity index is 1.66. The molecule has 8 nitrogen and oxygen atoms in total. The van der Waals surface area contributed by atoms with Crippen molar-refractivity contribution < 1.29 is 4.79 Å². The first-order valence-electron chi connectivity index (χ1n) is 8.09. The van der Waals surface area contributed by atoms with Crippen LogP contribution in [0.2, 0.25) is 0 Å². The molecule has 0 aromatic carbocycles. The number of piperidine rings is 1. The second kappa shape index (κ2) is 6.86. The fraction of sp³-hybridized carbons (Fsp3) is 0.500. The van der Waals surface area contributed by atoms with Crippen LogP contribution >= 0.6 is 0 Å². The Morgan fingerprint density at radius 1 is 1.38 bits per heavy atom. The van der Waals surface area contributed by atoms with E-state index in [-0.39, 0.29) is 11.9 Å². The Morgan fingerprint density at radius 2 is 2.21 bits per heavy atom. The van der Waals surface area contributed by atoms with Gasteiger partial charge in [-0.05, 0) is 25.0 Å². The van der Waals surface area contributed by atoms with E-state index in [1.807, 2.05) is 25.1 Å². The number of nitrogens with zero attached hydrogens (tertiary/aromatic N) is 6. The average molecular weight is 329 g/mol. The van der Waals surface area contributed by atoms with Gasteiger partial charge >= 0.3 is 0 Å². The van der Waals surface area contributed by atoms with Gasteiger partial charge in [0.2, 0.25) is 5.95 Å². The molecule has 1 saturated heterocycles. The molecule has 0 aliphatic carbocycles. The molecule has 0 bridgehead atoms. The van der Waals surface area contributed by atoms with E-state index in [2.05, 4.69) is 25.3 Å². The summed E-state index contributed by atoms with van der Waals surface area (Å²) in [5.41, 5.74) is 0.445. The maximum absolute atomic E-state index is 12.3. The van der Waals surface area contributed by atoms with Gasteiger partial charge in [-0.15, -0.1) is 0 Å². The van der Waals surface area contributed by atoms with Gasteiger partial charge in [-0.2, -0.15) is 10.1 Å². The summed E-state index contributed by atoms with van der Waals surface area (Å²) in [6.07, 6.45) is 5.47. The summed E-state index contributed by atoms with van der Waals surface area (Å²) in [6.45, 7) is 1.60. The first-order chi connectivity index (χ1) is 11.5. The zero-order valence-corrected chi connectivity index (χ0v) is 14.3. The molecule has 0 spiro atoms. The highest BCUT2D eigenvalue weighted by Gasteiger charge is 2.24. The Hall–Kier alpha value is -2.64. The van der Waals surface area contributed by atoms with Gasteiger partial charge in [-0.1, -0.05) is 0 Å². The highest BCUT2D eigenvalue weighted by Crippen LogP contribution is 2.18. The summed E-state index contributed by atoms with van der Waals surface area (Å²) in [5.74, 6) is 1.45. The van der Waals surface area contributed by atoms with Crippen molar-refractivity contribution in [2.45, 2.75) is 18.9 Å². The fourth-order valence-electron chi connectivity index (χ4n) is 2.81. The molecular weight excluding hydrogens is 306 g/mol. The van der Waals surface area contributed by atoms with Gasteiger partial charge in [0, 0.05) is 52.7 Å². The topological polar surface area (TPSA) is 79.2 Å². The van der Waals surface area contributed by atoms with Crippen LogP contribution in [0.15, 0.2) is 24.5 Å². The zero-order chi connectivity index (χ0) is 17.1. The smallest absolute Gasteiger partial charge is 0.272 e. The highest BCUT2D eigenvalue weighted by atomic mass is 16.2. The second-order valence-electron chi connectivity index (χ2n) is 6.24. The van der Waals surface area contributed by atoms with Crippen LogP contribution < -0.4 is 15.1 Å². The number of carbonyl (C=O) groups excluding carboxylic acids is 1. The summed E-state index contributed by atoms with van der Waals surface area (Å²) in [4.78, 5) is 25.3. The minimum atomic E-state index is -0.134. The number of anilines is 2. The Labute approximate surface area is 141 Å². The number of hydrogen-bond acceptors (Lipinski definition) is 6. The van der Waals surface area contributed by atoms with Crippen molar-refractivity contribution in [2.75, 3.05) is 37.0 Å². The molecule has 0 radical (unpaired) electrons. The Bertz CT molecular complexity index is 712. The van der Waals surface area contributed by atoms with Crippen molar-refractivity contribution in [1.29, 1.82) is 0 Å². The first kappa shape index (κ1) is 16.2. The summed E-state index contributed by atoms with van der Waals surface area (Å²) in [6, 6.07) is 3.67. The van der Waals surface area contributed by atoms with Gasteiger partial charge in [0.25, 0.3) is 5.91 Å². The lowest BCUT2D eigenvalue weighted by atomic mass is 10.1. The van der Waals surface area contributed by atoms with Gasteiger partial charge in [0.05, 0.1) is 0 Å². The number of aromatic nitrogens is 4. The van der Waals surface area contributed by atoms with Crippen molar-refractivity contribution >= 4 is 17.7 Å². The first-order valence-corrected chi connectivity index (χ1v) is 8.09. The Kier molecular flexibility index (Phi) is 4.64. The highest BCUT2D eigenvalue weighted by molar-refractivity contribution is 5.92. The molecule has 24 heavy (non-hydrogen) atoms. The number of carbonyl (C=O) groups is 1. The van der Waals surface area contributed by atoms with E-state index in [1.165, 1.54) is 0 Å². The quantitative estimate of drug-likeness (QED) is 0.888. The molecule has 128 valence electrons. The van der Waals surface area contributed by atoms with Crippen LogP contribution in [0.1, 0.15) is 23.3 Å². The van der Waals surface area contributed by atoms with E-state index in [0.717, 1.165) is 25.2 Å². The lowest BCUT2D eigenvalue weighted by Gasteiger charge is -2.33. The predicted molar refractivity (Wildman–Crippen MR) is 92.3 cm³/mol. The van der Waals surface area contributed by atoms with Crippen molar-refractivity contribution in [3.05, 3.63) is 30.2 Å². The third-order valence-corrected chi connectivity index (χ3v) is 4.07. The molecule has 1 atom stereocenters. The minimum absolute atomic E-state index is 0.0693. The maximum atomic E-state index is 12.3. The number of rotatable bonds is 4. The fourth-order valence-corrected chi connectivity index (χ4v) is 2.81. The number of amides is 1. The van der Waals surface area contributed by atoms with Crippen molar-refractivity contribution in [3.63, 3.8) is 0 Å². The van der Waals surface area contributed by atoms with Crippen LogP contribution in [0, 0.1) is 0 Å². The van der Waals surface area contributed by atoms with E-state index in [0.29, 0.717) is 18.2 Å². The third-order valence-electron chi connectivity index (χ3n) is 4.07.